The molecule has 0 saturated carbocycles. The number of pyridine rings is 1. The largest absolute Gasteiger partial charge is 0.302 e. The van der Waals surface area contributed by atoms with Crippen LogP contribution in [0.25, 0.3) is 5.69 Å². The Balaban J connectivity index is 1.58. The zero-order valence-electron chi connectivity index (χ0n) is 13.1. The van der Waals surface area contributed by atoms with Crippen molar-refractivity contribution in [3.05, 3.63) is 78.1 Å². The summed E-state index contributed by atoms with van der Waals surface area (Å²) in [5.74, 6) is -0.257. The molecule has 5 heteroatoms. The maximum absolute atomic E-state index is 13.3. The van der Waals surface area contributed by atoms with Crippen molar-refractivity contribution in [2.24, 2.45) is 0 Å². The van der Waals surface area contributed by atoms with Gasteiger partial charge in [-0.3, -0.25) is 4.98 Å². The van der Waals surface area contributed by atoms with E-state index in [0.29, 0.717) is 0 Å². The van der Waals surface area contributed by atoms with Crippen LogP contribution in [0.4, 0.5) is 4.39 Å². The molecule has 0 bridgehead atoms. The standard InChI is InChI=1S/C18H19FN4/c1-22(10-8-17-6-2-3-9-20-17)13-15-12-21-23(14-15)18-7-4-5-16(19)11-18/h2-7,9,11-12,14H,8,10,13H2,1H3. The highest BCUT2D eigenvalue weighted by Crippen LogP contribution is 2.11. The SMILES string of the molecule is CN(CCc1ccccn1)Cc1cnn(-c2cccc(F)c2)c1. The van der Waals surface area contributed by atoms with E-state index in [2.05, 4.69) is 22.0 Å². The maximum atomic E-state index is 13.3. The van der Waals surface area contributed by atoms with Crippen LogP contribution in [0.3, 0.4) is 0 Å². The lowest BCUT2D eigenvalue weighted by Gasteiger charge is -2.15. The maximum Gasteiger partial charge on any atom is 0.125 e. The molecule has 4 nitrogen and oxygen atoms in total. The summed E-state index contributed by atoms with van der Waals surface area (Å²) in [5, 5.41) is 4.31. The number of likely N-dealkylation sites (N-methyl/N-ethyl adjacent to an activating group) is 1. The number of halogens is 1. The van der Waals surface area contributed by atoms with Crippen LogP contribution in [0.2, 0.25) is 0 Å². The Hall–Kier alpha value is -2.53. The number of hydrogen-bond acceptors (Lipinski definition) is 3. The second kappa shape index (κ2) is 7.15. The second-order valence-electron chi connectivity index (χ2n) is 5.58. The molecule has 0 amide bonds. The molecule has 3 aromatic rings. The fourth-order valence-electron chi connectivity index (χ4n) is 2.44. The summed E-state index contributed by atoms with van der Waals surface area (Å²) in [6, 6.07) is 12.4. The van der Waals surface area contributed by atoms with E-state index in [0.717, 1.165) is 36.5 Å². The number of aromatic nitrogens is 3. The summed E-state index contributed by atoms with van der Waals surface area (Å²) in [6.45, 7) is 1.71. The molecule has 1 aromatic carbocycles. The normalized spacial score (nSPS) is 11.1. The molecule has 0 atom stereocenters. The predicted octanol–water partition coefficient (Wildman–Crippen LogP) is 3.08. The van der Waals surface area contributed by atoms with Gasteiger partial charge in [-0.15, -0.1) is 0 Å². The van der Waals surface area contributed by atoms with Crippen LogP contribution in [0.1, 0.15) is 11.3 Å². The molecule has 118 valence electrons. The van der Waals surface area contributed by atoms with Crippen LogP contribution < -0.4 is 0 Å². The Kier molecular flexibility index (Phi) is 4.78. The quantitative estimate of drug-likeness (QED) is 0.701. The van der Waals surface area contributed by atoms with Crippen molar-refractivity contribution in [2.45, 2.75) is 13.0 Å². The Labute approximate surface area is 135 Å². The van der Waals surface area contributed by atoms with Gasteiger partial charge in [0.25, 0.3) is 0 Å². The van der Waals surface area contributed by atoms with Gasteiger partial charge < -0.3 is 4.90 Å². The molecule has 3 rings (SSSR count). The van der Waals surface area contributed by atoms with Gasteiger partial charge in [-0.2, -0.15) is 5.10 Å². The van der Waals surface area contributed by atoms with Crippen molar-refractivity contribution < 1.29 is 4.39 Å². The molecule has 0 radical (unpaired) electrons. The number of hydrogen-bond donors (Lipinski definition) is 0. The molecule has 0 saturated heterocycles. The van der Waals surface area contributed by atoms with E-state index in [9.17, 15) is 4.39 Å². The fourth-order valence-corrected chi connectivity index (χ4v) is 2.44. The van der Waals surface area contributed by atoms with Gasteiger partial charge in [0.1, 0.15) is 5.82 Å². The van der Waals surface area contributed by atoms with Crippen LogP contribution in [0, 0.1) is 5.82 Å². The smallest absolute Gasteiger partial charge is 0.125 e. The molecular weight excluding hydrogens is 291 g/mol. The zero-order valence-corrected chi connectivity index (χ0v) is 13.1. The van der Waals surface area contributed by atoms with Gasteiger partial charge in [0.05, 0.1) is 11.9 Å². The summed E-state index contributed by atoms with van der Waals surface area (Å²) in [7, 11) is 2.07. The lowest BCUT2D eigenvalue weighted by Crippen LogP contribution is -2.20. The fraction of sp³-hybridized carbons (Fsp3) is 0.222. The molecule has 0 unspecified atom stereocenters. The van der Waals surface area contributed by atoms with E-state index in [1.54, 1.807) is 10.7 Å². The van der Waals surface area contributed by atoms with Crippen LogP contribution in [-0.2, 0) is 13.0 Å². The molecule has 23 heavy (non-hydrogen) atoms. The number of nitrogens with zero attached hydrogens (tertiary/aromatic N) is 4. The molecular formula is C18H19FN4. The minimum atomic E-state index is -0.257. The highest BCUT2D eigenvalue weighted by atomic mass is 19.1. The van der Waals surface area contributed by atoms with Gasteiger partial charge in [-0.1, -0.05) is 12.1 Å². The summed E-state index contributed by atoms with van der Waals surface area (Å²) in [6.07, 6.45) is 6.49. The van der Waals surface area contributed by atoms with Gasteiger partial charge in [0.15, 0.2) is 0 Å². The van der Waals surface area contributed by atoms with Crippen molar-refractivity contribution >= 4 is 0 Å². The first-order chi connectivity index (χ1) is 11.2. The summed E-state index contributed by atoms with van der Waals surface area (Å²) >= 11 is 0. The van der Waals surface area contributed by atoms with E-state index in [-0.39, 0.29) is 5.82 Å². The first-order valence-corrected chi connectivity index (χ1v) is 7.58. The first kappa shape index (κ1) is 15.4. The molecule has 0 N–H and O–H groups in total. The van der Waals surface area contributed by atoms with E-state index in [1.807, 2.05) is 42.9 Å². The minimum absolute atomic E-state index is 0.257. The number of rotatable bonds is 6. The molecule has 2 aromatic heterocycles. The third-order valence-corrected chi connectivity index (χ3v) is 3.64. The molecule has 2 heterocycles. The van der Waals surface area contributed by atoms with Crippen molar-refractivity contribution in [3.63, 3.8) is 0 Å². The van der Waals surface area contributed by atoms with Gasteiger partial charge in [-0.05, 0) is 37.4 Å². The van der Waals surface area contributed by atoms with Crippen LogP contribution >= 0.6 is 0 Å². The summed E-state index contributed by atoms with van der Waals surface area (Å²) in [4.78, 5) is 6.55. The highest BCUT2D eigenvalue weighted by Gasteiger charge is 2.06. The Bertz CT molecular complexity index is 754. The van der Waals surface area contributed by atoms with Crippen LogP contribution in [-0.4, -0.2) is 33.3 Å². The molecule has 0 spiro atoms. The molecule has 0 aliphatic carbocycles. The van der Waals surface area contributed by atoms with E-state index >= 15 is 0 Å². The van der Waals surface area contributed by atoms with Gasteiger partial charge in [0.2, 0.25) is 0 Å². The lowest BCUT2D eigenvalue weighted by atomic mass is 10.2. The third kappa shape index (κ3) is 4.23. The topological polar surface area (TPSA) is 34.0 Å². The average molecular weight is 310 g/mol. The lowest BCUT2D eigenvalue weighted by molar-refractivity contribution is 0.330. The second-order valence-corrected chi connectivity index (χ2v) is 5.58. The van der Waals surface area contributed by atoms with E-state index < -0.39 is 0 Å². The minimum Gasteiger partial charge on any atom is -0.302 e. The molecule has 0 aliphatic rings. The Morgan fingerprint density at radius 1 is 1.17 bits per heavy atom. The van der Waals surface area contributed by atoms with E-state index in [4.69, 9.17) is 0 Å². The monoisotopic (exact) mass is 310 g/mol. The van der Waals surface area contributed by atoms with Crippen molar-refractivity contribution in [1.82, 2.24) is 19.7 Å². The Morgan fingerprint density at radius 2 is 2.09 bits per heavy atom. The summed E-state index contributed by atoms with van der Waals surface area (Å²) in [5.41, 5.74) is 2.92. The molecule has 0 aliphatic heterocycles. The third-order valence-electron chi connectivity index (χ3n) is 3.64. The zero-order chi connectivity index (χ0) is 16.1. The van der Waals surface area contributed by atoms with Crippen LogP contribution in [0.5, 0.6) is 0 Å². The van der Waals surface area contributed by atoms with Gasteiger partial charge in [0, 0.05) is 43.2 Å². The average Bonchev–Trinajstić information content (AvgIpc) is 3.02. The highest BCUT2D eigenvalue weighted by molar-refractivity contribution is 5.31. The van der Waals surface area contributed by atoms with Crippen molar-refractivity contribution in [2.75, 3.05) is 13.6 Å². The predicted molar refractivity (Wildman–Crippen MR) is 87.8 cm³/mol. The molecule has 0 fully saturated rings. The van der Waals surface area contributed by atoms with Crippen molar-refractivity contribution in [3.8, 4) is 5.69 Å². The first-order valence-electron chi connectivity index (χ1n) is 7.58. The van der Waals surface area contributed by atoms with E-state index in [1.165, 1.54) is 12.1 Å². The van der Waals surface area contributed by atoms with Gasteiger partial charge in [-0.25, -0.2) is 9.07 Å². The van der Waals surface area contributed by atoms with Gasteiger partial charge >= 0.3 is 0 Å². The van der Waals surface area contributed by atoms with Crippen LogP contribution in [0.15, 0.2) is 61.1 Å². The summed E-state index contributed by atoms with van der Waals surface area (Å²) < 4.78 is 15.0. The Morgan fingerprint density at radius 3 is 2.87 bits per heavy atom. The number of benzene rings is 1. The van der Waals surface area contributed by atoms with Crippen molar-refractivity contribution in [1.29, 1.82) is 0 Å².